The van der Waals surface area contributed by atoms with Crippen molar-refractivity contribution in [2.24, 2.45) is 0 Å². The van der Waals surface area contributed by atoms with Crippen molar-refractivity contribution >= 4 is 11.2 Å². The number of rotatable bonds is 2. The molecule has 0 amide bonds. The number of hydrogen-bond donors (Lipinski definition) is 1. The van der Waals surface area contributed by atoms with Crippen LogP contribution in [0.1, 0.15) is 5.56 Å². The zero-order valence-electron chi connectivity index (χ0n) is 12.5. The molecular weight excluding hydrogens is 308 g/mol. The molecule has 24 heavy (non-hydrogen) atoms. The minimum atomic E-state index is -0.480. The Bertz CT molecular complexity index is 1120. The fraction of sp³-hybridized carbons (Fsp3) is 0.0625. The third-order valence-corrected chi connectivity index (χ3v) is 3.75. The number of H-pyrrole nitrogens is 1. The number of benzene rings is 1. The summed E-state index contributed by atoms with van der Waals surface area (Å²) >= 11 is 0. The topological polar surface area (TPSA) is 109 Å². The molecule has 0 atom stereocenters. The van der Waals surface area contributed by atoms with Crippen LogP contribution in [0.25, 0.3) is 28.2 Å². The van der Waals surface area contributed by atoms with Crippen molar-refractivity contribution < 1.29 is 4.74 Å². The Hall–Kier alpha value is -3.73. The number of imidazole rings is 1. The van der Waals surface area contributed by atoms with Gasteiger partial charge in [-0.15, -0.1) is 0 Å². The highest BCUT2D eigenvalue weighted by atomic mass is 16.5. The smallest absolute Gasteiger partial charge is 0.268 e. The molecule has 0 radical (unpaired) electrons. The number of methoxy groups -OCH3 is 1. The van der Waals surface area contributed by atoms with Gasteiger partial charge in [-0.1, -0.05) is 0 Å². The van der Waals surface area contributed by atoms with E-state index >= 15 is 0 Å². The molecule has 0 bridgehead atoms. The summed E-state index contributed by atoms with van der Waals surface area (Å²) in [5.41, 5.74) is 1.64. The van der Waals surface area contributed by atoms with E-state index in [4.69, 9.17) is 4.74 Å². The van der Waals surface area contributed by atoms with Crippen molar-refractivity contribution in [3.8, 4) is 28.9 Å². The van der Waals surface area contributed by atoms with Crippen molar-refractivity contribution in [1.82, 2.24) is 24.5 Å². The first-order chi connectivity index (χ1) is 11.7. The number of fused-ring (bicyclic) bond motifs is 3. The third kappa shape index (κ3) is 1.92. The monoisotopic (exact) mass is 318 g/mol. The first-order valence-electron chi connectivity index (χ1n) is 7.01. The van der Waals surface area contributed by atoms with Crippen LogP contribution in [-0.4, -0.2) is 31.6 Å². The van der Waals surface area contributed by atoms with Crippen LogP contribution in [0.3, 0.4) is 0 Å². The molecule has 0 unspecified atom stereocenters. The van der Waals surface area contributed by atoms with Crippen LogP contribution >= 0.6 is 0 Å². The Balaban J connectivity index is 2.03. The first kappa shape index (κ1) is 13.9. The molecule has 0 fully saturated rings. The Morgan fingerprint density at radius 2 is 2.00 bits per heavy atom. The van der Waals surface area contributed by atoms with E-state index in [-0.39, 0.29) is 5.56 Å². The summed E-state index contributed by atoms with van der Waals surface area (Å²) in [6, 6.07) is 9.28. The van der Waals surface area contributed by atoms with E-state index in [0.717, 1.165) is 11.4 Å². The molecule has 0 aliphatic carbocycles. The second kappa shape index (κ2) is 5.17. The predicted octanol–water partition coefficient (Wildman–Crippen LogP) is 1.49. The SMILES string of the molecule is COc1ccc(-n2cnc3c4c(C#N)c(=O)[nH]c-4ncnc32)cc1. The first-order valence-corrected chi connectivity index (χ1v) is 7.01. The quantitative estimate of drug-likeness (QED) is 0.599. The standard InChI is InChI=1S/C16H10N6O2/c1-24-10-4-2-9(3-5-10)22-8-20-13-12-11(6-17)16(23)21-14(12)18-7-19-15(13)22/h2-5,7-8H,1H3,(H,18,19,21,23). The van der Waals surface area contributed by atoms with Crippen molar-refractivity contribution in [3.05, 3.63) is 52.8 Å². The minimum absolute atomic E-state index is 0.0134. The third-order valence-electron chi connectivity index (χ3n) is 3.75. The van der Waals surface area contributed by atoms with Crippen molar-refractivity contribution in [3.63, 3.8) is 0 Å². The van der Waals surface area contributed by atoms with Gasteiger partial charge in [-0.25, -0.2) is 15.0 Å². The van der Waals surface area contributed by atoms with Crippen LogP contribution in [0.5, 0.6) is 5.75 Å². The predicted molar refractivity (Wildman–Crippen MR) is 85.2 cm³/mol. The molecule has 116 valence electrons. The molecule has 8 nitrogen and oxygen atoms in total. The number of nitrogens with one attached hydrogen (secondary N) is 1. The fourth-order valence-electron chi connectivity index (χ4n) is 2.61. The summed E-state index contributed by atoms with van der Waals surface area (Å²) in [5, 5.41) is 9.26. The molecule has 0 spiro atoms. The number of ether oxygens (including phenoxy) is 1. The van der Waals surface area contributed by atoms with E-state index in [1.807, 2.05) is 30.3 Å². The number of hydrogen-bond acceptors (Lipinski definition) is 6. The molecule has 0 saturated heterocycles. The highest BCUT2D eigenvalue weighted by Crippen LogP contribution is 2.27. The number of aromatic amines is 1. The van der Waals surface area contributed by atoms with Crippen molar-refractivity contribution in [2.75, 3.05) is 7.11 Å². The van der Waals surface area contributed by atoms with Gasteiger partial charge >= 0.3 is 0 Å². The van der Waals surface area contributed by atoms with Crippen molar-refractivity contribution in [2.45, 2.75) is 0 Å². The zero-order valence-corrected chi connectivity index (χ0v) is 12.5. The van der Waals surface area contributed by atoms with Gasteiger partial charge in [0.15, 0.2) is 5.65 Å². The lowest BCUT2D eigenvalue weighted by atomic mass is 10.1. The van der Waals surface area contributed by atoms with Crippen LogP contribution in [0, 0.1) is 11.3 Å². The van der Waals surface area contributed by atoms with Gasteiger partial charge < -0.3 is 9.72 Å². The van der Waals surface area contributed by atoms with Gasteiger partial charge in [0, 0.05) is 5.69 Å². The summed E-state index contributed by atoms with van der Waals surface area (Å²) in [5.74, 6) is 1.03. The van der Waals surface area contributed by atoms with Gasteiger partial charge in [-0.05, 0) is 24.3 Å². The maximum atomic E-state index is 11.9. The number of nitrogens with zero attached hydrogens (tertiary/aromatic N) is 5. The van der Waals surface area contributed by atoms with Gasteiger partial charge in [0.2, 0.25) is 0 Å². The van der Waals surface area contributed by atoms with Crippen LogP contribution in [0.4, 0.5) is 0 Å². The van der Waals surface area contributed by atoms with Gasteiger partial charge in [0.1, 0.15) is 41.4 Å². The molecule has 1 N–H and O–H groups in total. The number of nitriles is 1. The fourth-order valence-corrected chi connectivity index (χ4v) is 2.61. The Kier molecular flexibility index (Phi) is 2.99. The molecule has 8 heteroatoms. The lowest BCUT2D eigenvalue weighted by molar-refractivity contribution is 0.415. The molecule has 2 aliphatic heterocycles. The minimum Gasteiger partial charge on any atom is -0.497 e. The highest BCUT2D eigenvalue weighted by Gasteiger charge is 2.21. The second-order valence-electron chi connectivity index (χ2n) is 5.02. The Morgan fingerprint density at radius 1 is 1.21 bits per heavy atom. The van der Waals surface area contributed by atoms with E-state index in [0.29, 0.717) is 22.6 Å². The summed E-state index contributed by atoms with van der Waals surface area (Å²) in [6.45, 7) is 0. The molecule has 4 rings (SSSR count). The van der Waals surface area contributed by atoms with E-state index in [1.165, 1.54) is 6.33 Å². The molecule has 1 aromatic heterocycles. The lowest BCUT2D eigenvalue weighted by Crippen LogP contribution is -2.00. The van der Waals surface area contributed by atoms with Crippen LogP contribution in [-0.2, 0) is 0 Å². The van der Waals surface area contributed by atoms with E-state index < -0.39 is 5.56 Å². The normalized spacial score (nSPS) is 10.8. The largest absolute Gasteiger partial charge is 0.497 e. The van der Waals surface area contributed by atoms with Gasteiger partial charge in [-0.3, -0.25) is 9.36 Å². The second-order valence-corrected chi connectivity index (χ2v) is 5.02. The molecular formula is C16H10N6O2. The summed E-state index contributed by atoms with van der Waals surface area (Å²) in [7, 11) is 1.60. The zero-order chi connectivity index (χ0) is 16.7. The van der Waals surface area contributed by atoms with Crippen molar-refractivity contribution in [1.29, 1.82) is 5.26 Å². The summed E-state index contributed by atoms with van der Waals surface area (Å²) < 4.78 is 6.91. The van der Waals surface area contributed by atoms with Crippen LogP contribution < -0.4 is 10.3 Å². The maximum absolute atomic E-state index is 11.9. The maximum Gasteiger partial charge on any atom is 0.268 e. The Labute approximate surface area is 135 Å². The highest BCUT2D eigenvalue weighted by molar-refractivity contribution is 5.91. The molecule has 2 aromatic rings. The summed E-state index contributed by atoms with van der Waals surface area (Å²) in [6.07, 6.45) is 2.93. The van der Waals surface area contributed by atoms with Gasteiger partial charge in [-0.2, -0.15) is 5.26 Å². The van der Waals surface area contributed by atoms with Crippen LogP contribution in [0.2, 0.25) is 0 Å². The molecule has 2 aliphatic rings. The van der Waals surface area contributed by atoms with E-state index in [9.17, 15) is 10.1 Å². The lowest BCUT2D eigenvalue weighted by Gasteiger charge is -2.04. The van der Waals surface area contributed by atoms with E-state index in [1.54, 1.807) is 18.0 Å². The van der Waals surface area contributed by atoms with Crippen LogP contribution in [0.15, 0.2) is 41.7 Å². The van der Waals surface area contributed by atoms with Gasteiger partial charge in [0.25, 0.3) is 5.56 Å². The number of aromatic nitrogens is 5. The molecule has 1 aromatic carbocycles. The summed E-state index contributed by atoms with van der Waals surface area (Å²) in [4.78, 5) is 27.2. The molecule has 0 saturated carbocycles. The van der Waals surface area contributed by atoms with Gasteiger partial charge in [0.05, 0.1) is 12.7 Å². The molecule has 3 heterocycles. The van der Waals surface area contributed by atoms with E-state index in [2.05, 4.69) is 19.9 Å². The Morgan fingerprint density at radius 3 is 2.71 bits per heavy atom. The average molecular weight is 318 g/mol. The average Bonchev–Trinajstić information content (AvgIpc) is 3.10.